The first-order chi connectivity index (χ1) is 13.9. The zero-order valence-electron chi connectivity index (χ0n) is 15.5. The van der Waals surface area contributed by atoms with E-state index in [-0.39, 0.29) is 17.6 Å². The van der Waals surface area contributed by atoms with Crippen LogP contribution in [0.2, 0.25) is 5.02 Å². The van der Waals surface area contributed by atoms with Crippen LogP contribution >= 0.6 is 11.6 Å². The molecule has 0 saturated carbocycles. The molecule has 1 unspecified atom stereocenters. The van der Waals surface area contributed by atoms with Gasteiger partial charge in [0.15, 0.2) is 6.10 Å². The van der Waals surface area contributed by atoms with Crippen molar-refractivity contribution in [3.05, 3.63) is 89.2 Å². The van der Waals surface area contributed by atoms with Crippen molar-refractivity contribution in [1.82, 2.24) is 0 Å². The average Bonchev–Trinajstić information content (AvgIpc) is 2.71. The van der Waals surface area contributed by atoms with Crippen molar-refractivity contribution in [3.63, 3.8) is 0 Å². The van der Waals surface area contributed by atoms with Crippen molar-refractivity contribution in [2.45, 2.75) is 13.0 Å². The Hall–Kier alpha value is -3.38. The number of benzene rings is 3. The summed E-state index contributed by atoms with van der Waals surface area (Å²) in [6.07, 6.45) is -0.799. The van der Waals surface area contributed by atoms with Gasteiger partial charge in [-0.3, -0.25) is 9.59 Å². The molecule has 5 nitrogen and oxygen atoms in total. The second-order valence-electron chi connectivity index (χ2n) is 6.22. The molecule has 2 amide bonds. The van der Waals surface area contributed by atoms with Gasteiger partial charge < -0.3 is 15.4 Å². The summed E-state index contributed by atoms with van der Waals surface area (Å²) in [4.78, 5) is 24.8. The maximum Gasteiger partial charge on any atom is 0.265 e. The first-order valence-electron chi connectivity index (χ1n) is 8.81. The monoisotopic (exact) mass is 412 g/mol. The van der Waals surface area contributed by atoms with E-state index in [1.807, 2.05) is 0 Å². The van der Waals surface area contributed by atoms with Gasteiger partial charge in [0.25, 0.3) is 11.8 Å². The van der Waals surface area contributed by atoms with Gasteiger partial charge in [-0.25, -0.2) is 4.39 Å². The zero-order chi connectivity index (χ0) is 20.8. The van der Waals surface area contributed by atoms with E-state index >= 15 is 0 Å². The molecule has 0 bridgehead atoms. The molecule has 0 radical (unpaired) electrons. The summed E-state index contributed by atoms with van der Waals surface area (Å²) < 4.78 is 18.6. The minimum Gasteiger partial charge on any atom is -0.479 e. The van der Waals surface area contributed by atoms with Crippen LogP contribution in [0.25, 0.3) is 0 Å². The molecule has 0 aliphatic rings. The molecule has 0 fully saturated rings. The Morgan fingerprint density at radius 2 is 1.66 bits per heavy atom. The summed E-state index contributed by atoms with van der Waals surface area (Å²) in [7, 11) is 0. The standard InChI is InChI=1S/C22H18ClFN2O3/c1-14(29-20-8-3-2-7-19(20)23)21(27)26-18-6-4-5-15(13-18)22(28)25-17-11-9-16(24)10-12-17/h2-14H,1H3,(H,25,28)(H,26,27). The van der Waals surface area contributed by atoms with Crippen LogP contribution in [0.3, 0.4) is 0 Å². The number of carbonyl (C=O) groups excluding carboxylic acids is 2. The molecule has 0 aliphatic heterocycles. The Morgan fingerprint density at radius 3 is 2.38 bits per heavy atom. The molecule has 3 aromatic carbocycles. The predicted octanol–water partition coefficient (Wildman–Crippen LogP) is 5.14. The van der Waals surface area contributed by atoms with E-state index in [0.29, 0.717) is 27.7 Å². The fourth-order valence-electron chi connectivity index (χ4n) is 2.50. The number of amides is 2. The molecule has 1 atom stereocenters. The number of carbonyl (C=O) groups is 2. The number of halogens is 2. The summed E-state index contributed by atoms with van der Waals surface area (Å²) in [5.74, 6) is -0.751. The number of para-hydroxylation sites is 1. The molecule has 0 heterocycles. The number of hydrogen-bond acceptors (Lipinski definition) is 3. The molecule has 0 spiro atoms. The van der Waals surface area contributed by atoms with Crippen molar-refractivity contribution in [2.75, 3.05) is 10.6 Å². The van der Waals surface area contributed by atoms with E-state index in [0.717, 1.165) is 0 Å². The largest absolute Gasteiger partial charge is 0.479 e. The fraction of sp³-hybridized carbons (Fsp3) is 0.0909. The zero-order valence-corrected chi connectivity index (χ0v) is 16.2. The molecule has 3 rings (SSSR count). The number of hydrogen-bond donors (Lipinski definition) is 2. The van der Waals surface area contributed by atoms with Crippen molar-refractivity contribution in [2.24, 2.45) is 0 Å². The van der Waals surface area contributed by atoms with Gasteiger partial charge in [0.05, 0.1) is 5.02 Å². The van der Waals surface area contributed by atoms with Crippen LogP contribution in [0.4, 0.5) is 15.8 Å². The molecule has 29 heavy (non-hydrogen) atoms. The lowest BCUT2D eigenvalue weighted by atomic mass is 10.1. The second kappa shape index (κ2) is 9.21. The smallest absolute Gasteiger partial charge is 0.265 e. The average molecular weight is 413 g/mol. The number of nitrogens with one attached hydrogen (secondary N) is 2. The van der Waals surface area contributed by atoms with Gasteiger partial charge >= 0.3 is 0 Å². The van der Waals surface area contributed by atoms with Gasteiger partial charge in [0.2, 0.25) is 0 Å². The Bertz CT molecular complexity index is 1020. The van der Waals surface area contributed by atoms with E-state index in [9.17, 15) is 14.0 Å². The van der Waals surface area contributed by atoms with Crippen LogP contribution in [0, 0.1) is 5.82 Å². The normalized spacial score (nSPS) is 11.4. The summed E-state index contributed by atoms with van der Waals surface area (Å²) in [6, 6.07) is 18.8. The first kappa shape index (κ1) is 20.4. The Morgan fingerprint density at radius 1 is 0.931 bits per heavy atom. The lowest BCUT2D eigenvalue weighted by Gasteiger charge is -2.16. The maximum absolute atomic E-state index is 13.0. The summed E-state index contributed by atoms with van der Waals surface area (Å²) in [6.45, 7) is 1.60. The van der Waals surface area contributed by atoms with Crippen LogP contribution in [0.5, 0.6) is 5.75 Å². The molecule has 3 aromatic rings. The number of ether oxygens (including phenoxy) is 1. The van der Waals surface area contributed by atoms with Gasteiger partial charge in [-0.2, -0.15) is 0 Å². The van der Waals surface area contributed by atoms with Gasteiger partial charge in [-0.05, 0) is 61.5 Å². The molecule has 7 heteroatoms. The second-order valence-corrected chi connectivity index (χ2v) is 6.63. The predicted molar refractivity (Wildman–Crippen MR) is 111 cm³/mol. The Kier molecular flexibility index (Phi) is 6.46. The van der Waals surface area contributed by atoms with Gasteiger partial charge in [-0.15, -0.1) is 0 Å². The van der Waals surface area contributed by atoms with E-state index in [4.69, 9.17) is 16.3 Å². The minimum atomic E-state index is -0.799. The lowest BCUT2D eigenvalue weighted by molar-refractivity contribution is -0.122. The van der Waals surface area contributed by atoms with Crippen LogP contribution in [0.15, 0.2) is 72.8 Å². The highest BCUT2D eigenvalue weighted by atomic mass is 35.5. The number of anilines is 2. The molecule has 148 valence electrons. The third-order valence-corrected chi connectivity index (χ3v) is 4.32. The van der Waals surface area contributed by atoms with Crippen molar-refractivity contribution >= 4 is 34.8 Å². The first-order valence-corrected chi connectivity index (χ1v) is 9.19. The van der Waals surface area contributed by atoms with E-state index in [1.54, 1.807) is 55.5 Å². The summed E-state index contributed by atoms with van der Waals surface area (Å²) in [5, 5.41) is 5.79. The van der Waals surface area contributed by atoms with Crippen LogP contribution < -0.4 is 15.4 Å². The maximum atomic E-state index is 13.0. The summed E-state index contributed by atoms with van der Waals surface area (Å²) in [5.41, 5.74) is 1.25. The summed E-state index contributed by atoms with van der Waals surface area (Å²) >= 11 is 6.04. The van der Waals surface area contributed by atoms with Gasteiger partial charge in [0, 0.05) is 16.9 Å². The Balaban J connectivity index is 1.64. The molecule has 0 saturated heterocycles. The van der Waals surface area contributed by atoms with Crippen LogP contribution in [-0.2, 0) is 4.79 Å². The molecule has 0 aliphatic carbocycles. The number of rotatable bonds is 6. The highest BCUT2D eigenvalue weighted by molar-refractivity contribution is 6.32. The molecular weight excluding hydrogens is 395 g/mol. The molecule has 0 aromatic heterocycles. The molecular formula is C22H18ClFN2O3. The lowest BCUT2D eigenvalue weighted by Crippen LogP contribution is -2.30. The third kappa shape index (κ3) is 5.56. The molecule has 2 N–H and O–H groups in total. The van der Waals surface area contributed by atoms with E-state index in [1.165, 1.54) is 24.3 Å². The van der Waals surface area contributed by atoms with Crippen molar-refractivity contribution in [1.29, 1.82) is 0 Å². The SMILES string of the molecule is CC(Oc1ccccc1Cl)C(=O)Nc1cccc(C(=O)Nc2ccc(F)cc2)c1. The minimum absolute atomic E-state index is 0.340. The van der Waals surface area contributed by atoms with E-state index < -0.39 is 6.10 Å². The highest BCUT2D eigenvalue weighted by Gasteiger charge is 2.17. The van der Waals surface area contributed by atoms with Gasteiger partial charge in [0.1, 0.15) is 11.6 Å². The fourth-order valence-corrected chi connectivity index (χ4v) is 2.68. The topological polar surface area (TPSA) is 67.4 Å². The van der Waals surface area contributed by atoms with Gasteiger partial charge in [-0.1, -0.05) is 29.8 Å². The highest BCUT2D eigenvalue weighted by Crippen LogP contribution is 2.24. The third-order valence-electron chi connectivity index (χ3n) is 4.00. The quantitative estimate of drug-likeness (QED) is 0.589. The van der Waals surface area contributed by atoms with Crippen molar-refractivity contribution in [3.8, 4) is 5.75 Å². The van der Waals surface area contributed by atoms with E-state index in [2.05, 4.69) is 10.6 Å². The van der Waals surface area contributed by atoms with Crippen molar-refractivity contribution < 1.29 is 18.7 Å². The Labute approximate surface area is 172 Å². The van der Waals surface area contributed by atoms with Crippen LogP contribution in [-0.4, -0.2) is 17.9 Å². The van der Waals surface area contributed by atoms with Crippen LogP contribution in [0.1, 0.15) is 17.3 Å².